The van der Waals surface area contributed by atoms with Gasteiger partial charge in [0.2, 0.25) is 0 Å². The van der Waals surface area contributed by atoms with E-state index in [0.29, 0.717) is 0 Å². The van der Waals surface area contributed by atoms with Gasteiger partial charge in [0.15, 0.2) is 0 Å². The molecular formula is C7H10F2O4. The van der Waals surface area contributed by atoms with Crippen molar-refractivity contribution in [1.82, 2.24) is 0 Å². The summed E-state index contributed by atoms with van der Waals surface area (Å²) in [6.45, 7) is 1.20. The number of aliphatic carboxylic acids is 2. The summed E-state index contributed by atoms with van der Waals surface area (Å²) in [5.41, 5.74) is 0. The maximum Gasteiger partial charge on any atom is 0.312 e. The summed E-state index contributed by atoms with van der Waals surface area (Å²) in [7, 11) is 0. The molecule has 2 unspecified atom stereocenters. The van der Waals surface area contributed by atoms with Gasteiger partial charge in [0.1, 0.15) is 5.92 Å². The Morgan fingerprint density at radius 2 is 1.69 bits per heavy atom. The Hall–Kier alpha value is -1.20. The van der Waals surface area contributed by atoms with Crippen LogP contribution in [-0.4, -0.2) is 28.6 Å². The van der Waals surface area contributed by atoms with Gasteiger partial charge in [-0.05, 0) is 6.42 Å². The Kier molecular flexibility index (Phi) is 4.30. The number of rotatable bonds is 5. The first-order valence-electron chi connectivity index (χ1n) is 3.60. The third kappa shape index (κ3) is 3.82. The van der Waals surface area contributed by atoms with Gasteiger partial charge in [-0.1, -0.05) is 6.92 Å². The smallest absolute Gasteiger partial charge is 0.312 e. The standard InChI is InChI=1S/C7H10F2O4/c1-3(6(10)11)2-4(5(8)9)7(12)13/h3-5H,2H2,1H3,(H,10,11)(H,12,13). The van der Waals surface area contributed by atoms with Gasteiger partial charge in [-0.25, -0.2) is 8.78 Å². The van der Waals surface area contributed by atoms with E-state index in [1.165, 1.54) is 6.92 Å². The molecule has 0 aromatic rings. The Morgan fingerprint density at radius 3 is 1.92 bits per heavy atom. The molecule has 0 radical (unpaired) electrons. The molecule has 0 aliphatic heterocycles. The summed E-state index contributed by atoms with van der Waals surface area (Å²) >= 11 is 0. The van der Waals surface area contributed by atoms with Crippen molar-refractivity contribution in [2.45, 2.75) is 19.8 Å². The van der Waals surface area contributed by atoms with Crippen molar-refractivity contribution in [1.29, 1.82) is 0 Å². The molecule has 13 heavy (non-hydrogen) atoms. The van der Waals surface area contributed by atoms with Gasteiger partial charge in [-0.3, -0.25) is 9.59 Å². The average Bonchev–Trinajstić information content (AvgIpc) is 1.97. The van der Waals surface area contributed by atoms with E-state index in [9.17, 15) is 18.4 Å². The van der Waals surface area contributed by atoms with Crippen LogP contribution < -0.4 is 0 Å². The molecule has 2 atom stereocenters. The van der Waals surface area contributed by atoms with Crippen LogP contribution in [0.3, 0.4) is 0 Å². The Balaban J connectivity index is 4.27. The van der Waals surface area contributed by atoms with Crippen LogP contribution in [0.4, 0.5) is 8.78 Å². The van der Waals surface area contributed by atoms with Crippen molar-refractivity contribution in [3.8, 4) is 0 Å². The highest BCUT2D eigenvalue weighted by Crippen LogP contribution is 2.19. The molecule has 0 bridgehead atoms. The van der Waals surface area contributed by atoms with Crippen molar-refractivity contribution in [3.05, 3.63) is 0 Å². The predicted octanol–water partition coefficient (Wildman–Crippen LogP) is 1.06. The van der Waals surface area contributed by atoms with E-state index in [1.54, 1.807) is 0 Å². The minimum absolute atomic E-state index is 0.553. The number of halogens is 2. The van der Waals surface area contributed by atoms with Gasteiger partial charge in [-0.2, -0.15) is 0 Å². The number of carboxylic acids is 2. The summed E-state index contributed by atoms with van der Waals surface area (Å²) in [5, 5.41) is 16.7. The summed E-state index contributed by atoms with van der Waals surface area (Å²) in [6, 6.07) is 0. The molecule has 2 N–H and O–H groups in total. The maximum atomic E-state index is 12.0. The molecule has 0 aliphatic rings. The quantitative estimate of drug-likeness (QED) is 0.689. The zero-order valence-corrected chi connectivity index (χ0v) is 6.91. The Morgan fingerprint density at radius 1 is 1.23 bits per heavy atom. The summed E-state index contributed by atoms with van der Waals surface area (Å²) in [6.07, 6.45) is -3.58. The average molecular weight is 196 g/mol. The molecule has 0 aliphatic carbocycles. The van der Waals surface area contributed by atoms with Gasteiger partial charge in [0.05, 0.1) is 5.92 Å². The van der Waals surface area contributed by atoms with Crippen LogP contribution in [0.2, 0.25) is 0 Å². The van der Waals surface area contributed by atoms with E-state index >= 15 is 0 Å². The molecule has 0 heterocycles. The molecule has 0 rings (SSSR count). The monoisotopic (exact) mass is 196 g/mol. The van der Waals surface area contributed by atoms with Gasteiger partial charge in [0, 0.05) is 0 Å². The third-order valence-corrected chi connectivity index (χ3v) is 1.65. The van der Waals surface area contributed by atoms with Crippen LogP contribution >= 0.6 is 0 Å². The first-order chi connectivity index (χ1) is 5.86. The van der Waals surface area contributed by atoms with E-state index in [4.69, 9.17) is 10.2 Å². The number of hydrogen-bond donors (Lipinski definition) is 2. The predicted molar refractivity (Wildman–Crippen MR) is 38.5 cm³/mol. The molecule has 0 fully saturated rings. The van der Waals surface area contributed by atoms with E-state index in [1.807, 2.05) is 0 Å². The lowest BCUT2D eigenvalue weighted by molar-refractivity contribution is -0.150. The molecule has 0 amide bonds. The van der Waals surface area contributed by atoms with E-state index in [2.05, 4.69) is 0 Å². The highest BCUT2D eigenvalue weighted by molar-refractivity contribution is 5.73. The second kappa shape index (κ2) is 4.74. The highest BCUT2D eigenvalue weighted by Gasteiger charge is 2.31. The minimum atomic E-state index is -3.03. The molecule has 0 aromatic heterocycles. The molecular weight excluding hydrogens is 186 g/mol. The normalized spacial score (nSPS) is 15.4. The molecule has 76 valence electrons. The van der Waals surface area contributed by atoms with Gasteiger partial charge < -0.3 is 10.2 Å². The van der Waals surface area contributed by atoms with Crippen LogP contribution in [0, 0.1) is 11.8 Å². The second-order valence-corrected chi connectivity index (χ2v) is 2.75. The second-order valence-electron chi connectivity index (χ2n) is 2.75. The van der Waals surface area contributed by atoms with Crippen LogP contribution in [0.25, 0.3) is 0 Å². The van der Waals surface area contributed by atoms with E-state index in [-0.39, 0.29) is 0 Å². The molecule has 0 spiro atoms. The number of hydrogen-bond acceptors (Lipinski definition) is 2. The SMILES string of the molecule is CC(CC(C(=O)O)C(F)F)C(=O)O. The van der Waals surface area contributed by atoms with Crippen molar-refractivity contribution >= 4 is 11.9 Å². The number of carboxylic acid groups (broad SMARTS) is 2. The largest absolute Gasteiger partial charge is 0.481 e. The highest BCUT2D eigenvalue weighted by atomic mass is 19.3. The first-order valence-corrected chi connectivity index (χ1v) is 3.60. The van der Waals surface area contributed by atoms with E-state index < -0.39 is 36.6 Å². The molecule has 0 saturated heterocycles. The van der Waals surface area contributed by atoms with E-state index in [0.717, 1.165) is 0 Å². The number of alkyl halides is 2. The zero-order chi connectivity index (χ0) is 10.6. The van der Waals surface area contributed by atoms with Gasteiger partial charge in [-0.15, -0.1) is 0 Å². The van der Waals surface area contributed by atoms with Crippen LogP contribution in [-0.2, 0) is 9.59 Å². The lowest BCUT2D eigenvalue weighted by Crippen LogP contribution is -2.26. The summed E-state index contributed by atoms with van der Waals surface area (Å²) in [4.78, 5) is 20.5. The number of carbonyl (C=O) groups is 2. The van der Waals surface area contributed by atoms with Crippen LogP contribution in [0.15, 0.2) is 0 Å². The topological polar surface area (TPSA) is 74.6 Å². The van der Waals surface area contributed by atoms with Crippen molar-refractivity contribution in [2.75, 3.05) is 0 Å². The summed E-state index contributed by atoms with van der Waals surface area (Å²) < 4.78 is 24.0. The minimum Gasteiger partial charge on any atom is -0.481 e. The molecule has 0 aromatic carbocycles. The van der Waals surface area contributed by atoms with Gasteiger partial charge >= 0.3 is 11.9 Å². The van der Waals surface area contributed by atoms with Gasteiger partial charge in [0.25, 0.3) is 6.43 Å². The van der Waals surface area contributed by atoms with Crippen molar-refractivity contribution in [2.24, 2.45) is 11.8 Å². The van der Waals surface area contributed by atoms with Crippen LogP contribution in [0.1, 0.15) is 13.3 Å². The fraction of sp³-hybridized carbons (Fsp3) is 0.714. The Bertz CT molecular complexity index is 205. The summed E-state index contributed by atoms with van der Waals surface area (Å²) in [5.74, 6) is -5.91. The van der Waals surface area contributed by atoms with Crippen molar-refractivity contribution in [3.63, 3.8) is 0 Å². The van der Waals surface area contributed by atoms with Crippen molar-refractivity contribution < 1.29 is 28.6 Å². The fourth-order valence-electron chi connectivity index (χ4n) is 0.793. The third-order valence-electron chi connectivity index (χ3n) is 1.65. The zero-order valence-electron chi connectivity index (χ0n) is 6.91. The fourth-order valence-corrected chi connectivity index (χ4v) is 0.793. The Labute approximate surface area is 73.2 Å². The molecule has 0 saturated carbocycles. The van der Waals surface area contributed by atoms with Crippen LogP contribution in [0.5, 0.6) is 0 Å². The lowest BCUT2D eigenvalue weighted by atomic mass is 9.96. The lowest BCUT2D eigenvalue weighted by Gasteiger charge is -2.13. The maximum absolute atomic E-state index is 12.0. The molecule has 4 nitrogen and oxygen atoms in total. The molecule has 6 heteroatoms. The first kappa shape index (κ1) is 11.8.